The van der Waals surface area contributed by atoms with E-state index in [1.807, 2.05) is 24.5 Å². The molecule has 1 aliphatic rings. The van der Waals surface area contributed by atoms with Gasteiger partial charge in [0.2, 0.25) is 0 Å². The number of phenolic OH excluding ortho intramolecular Hbond substituents is 1. The quantitative estimate of drug-likeness (QED) is 0.757. The van der Waals surface area contributed by atoms with E-state index < -0.39 is 0 Å². The van der Waals surface area contributed by atoms with Gasteiger partial charge in [-0.25, -0.2) is 9.97 Å². The second-order valence-corrected chi connectivity index (χ2v) is 6.88. The van der Waals surface area contributed by atoms with E-state index in [-0.39, 0.29) is 5.75 Å². The van der Waals surface area contributed by atoms with Crippen molar-refractivity contribution >= 4 is 5.69 Å². The summed E-state index contributed by atoms with van der Waals surface area (Å²) in [7, 11) is 0. The van der Waals surface area contributed by atoms with Crippen LogP contribution >= 0.6 is 0 Å². The molecule has 4 rings (SSSR count). The van der Waals surface area contributed by atoms with Crippen molar-refractivity contribution in [3.05, 3.63) is 72.6 Å². The average Bonchev–Trinajstić information content (AvgIpc) is 2.74. The second-order valence-electron chi connectivity index (χ2n) is 6.88. The first-order valence-corrected chi connectivity index (χ1v) is 9.40. The lowest BCUT2D eigenvalue weighted by atomic mass is 10.1. The van der Waals surface area contributed by atoms with Gasteiger partial charge in [-0.2, -0.15) is 0 Å². The fraction of sp³-hybridized carbons (Fsp3) is 0.273. The largest absolute Gasteiger partial charge is 0.508 e. The summed E-state index contributed by atoms with van der Waals surface area (Å²) in [5, 5.41) is 9.39. The molecule has 27 heavy (non-hydrogen) atoms. The molecule has 1 aromatic heterocycles. The maximum Gasteiger partial charge on any atom is 0.159 e. The Balaban J connectivity index is 1.31. The molecule has 3 aromatic rings. The van der Waals surface area contributed by atoms with Crippen LogP contribution in [-0.2, 0) is 6.42 Å². The SMILES string of the molecule is Oc1ccc(-c2ncc(N3CCN(CCc4ccccc4)CC3)cn2)cc1. The molecule has 5 heteroatoms. The first kappa shape index (κ1) is 17.5. The van der Waals surface area contributed by atoms with Crippen molar-refractivity contribution in [2.45, 2.75) is 6.42 Å². The Kier molecular flexibility index (Phi) is 5.30. The number of aromatic nitrogens is 2. The highest BCUT2D eigenvalue weighted by atomic mass is 16.3. The van der Waals surface area contributed by atoms with E-state index in [0.29, 0.717) is 5.82 Å². The summed E-state index contributed by atoms with van der Waals surface area (Å²) in [4.78, 5) is 13.9. The molecule has 0 amide bonds. The number of phenols is 1. The Hall–Kier alpha value is -2.92. The van der Waals surface area contributed by atoms with Gasteiger partial charge in [0, 0.05) is 38.3 Å². The Morgan fingerprint density at radius 2 is 1.48 bits per heavy atom. The van der Waals surface area contributed by atoms with Crippen LogP contribution in [0.4, 0.5) is 5.69 Å². The molecule has 0 unspecified atom stereocenters. The lowest BCUT2D eigenvalue weighted by Gasteiger charge is -2.35. The van der Waals surface area contributed by atoms with Gasteiger partial charge in [-0.05, 0) is 36.2 Å². The number of hydrogen-bond acceptors (Lipinski definition) is 5. The van der Waals surface area contributed by atoms with Crippen molar-refractivity contribution in [2.75, 3.05) is 37.6 Å². The topological polar surface area (TPSA) is 52.5 Å². The summed E-state index contributed by atoms with van der Waals surface area (Å²) in [6, 6.07) is 17.6. The summed E-state index contributed by atoms with van der Waals surface area (Å²) in [5.41, 5.74) is 3.38. The molecule has 2 aromatic carbocycles. The molecule has 2 heterocycles. The lowest BCUT2D eigenvalue weighted by Crippen LogP contribution is -2.47. The molecule has 0 aliphatic carbocycles. The maximum absolute atomic E-state index is 9.39. The zero-order chi connectivity index (χ0) is 18.5. The van der Waals surface area contributed by atoms with Crippen LogP contribution in [0.25, 0.3) is 11.4 Å². The van der Waals surface area contributed by atoms with E-state index in [2.05, 4.69) is 50.1 Å². The Morgan fingerprint density at radius 1 is 0.815 bits per heavy atom. The average molecular weight is 360 g/mol. The van der Waals surface area contributed by atoms with E-state index in [9.17, 15) is 5.11 Å². The van der Waals surface area contributed by atoms with Crippen molar-refractivity contribution in [2.24, 2.45) is 0 Å². The number of hydrogen-bond donors (Lipinski definition) is 1. The molecule has 0 spiro atoms. The van der Waals surface area contributed by atoms with Gasteiger partial charge in [0.25, 0.3) is 0 Å². The third kappa shape index (κ3) is 4.44. The zero-order valence-corrected chi connectivity index (χ0v) is 15.3. The van der Waals surface area contributed by atoms with E-state index in [0.717, 1.165) is 50.4 Å². The van der Waals surface area contributed by atoms with Gasteiger partial charge in [0.05, 0.1) is 18.1 Å². The maximum atomic E-state index is 9.39. The van der Waals surface area contributed by atoms with Crippen LogP contribution in [0.3, 0.4) is 0 Å². The first-order valence-electron chi connectivity index (χ1n) is 9.40. The van der Waals surface area contributed by atoms with Crippen LogP contribution in [0.2, 0.25) is 0 Å². The lowest BCUT2D eigenvalue weighted by molar-refractivity contribution is 0.261. The third-order valence-corrected chi connectivity index (χ3v) is 5.06. The highest BCUT2D eigenvalue weighted by Gasteiger charge is 2.17. The molecule has 138 valence electrons. The van der Waals surface area contributed by atoms with Gasteiger partial charge in [0.15, 0.2) is 5.82 Å². The normalized spacial score (nSPS) is 15.0. The van der Waals surface area contributed by atoms with Crippen LogP contribution in [0, 0.1) is 0 Å². The van der Waals surface area contributed by atoms with Crippen molar-refractivity contribution in [3.63, 3.8) is 0 Å². The summed E-state index contributed by atoms with van der Waals surface area (Å²) in [5.74, 6) is 0.931. The monoisotopic (exact) mass is 360 g/mol. The van der Waals surface area contributed by atoms with Gasteiger partial charge in [0.1, 0.15) is 5.75 Å². The molecular formula is C22H24N4O. The molecule has 1 saturated heterocycles. The highest BCUT2D eigenvalue weighted by Crippen LogP contribution is 2.21. The van der Waals surface area contributed by atoms with Crippen LogP contribution in [0.5, 0.6) is 5.75 Å². The zero-order valence-electron chi connectivity index (χ0n) is 15.3. The van der Waals surface area contributed by atoms with Crippen LogP contribution in [0.1, 0.15) is 5.56 Å². The Bertz CT molecular complexity index is 842. The summed E-state index contributed by atoms with van der Waals surface area (Å²) in [6.45, 7) is 5.22. The predicted molar refractivity (Wildman–Crippen MR) is 108 cm³/mol. The van der Waals surface area contributed by atoms with Gasteiger partial charge in [-0.1, -0.05) is 30.3 Å². The molecule has 0 radical (unpaired) electrons. The van der Waals surface area contributed by atoms with Crippen molar-refractivity contribution in [3.8, 4) is 17.1 Å². The second kappa shape index (κ2) is 8.18. The standard InChI is InChI=1S/C22H24N4O/c27-21-8-6-19(7-9-21)22-23-16-20(17-24-22)26-14-12-25(13-15-26)11-10-18-4-2-1-3-5-18/h1-9,16-17,27H,10-15H2. The number of nitrogens with zero attached hydrogens (tertiary/aromatic N) is 4. The highest BCUT2D eigenvalue weighted by molar-refractivity contribution is 5.57. The molecule has 1 aliphatic heterocycles. The molecule has 1 N–H and O–H groups in total. The van der Waals surface area contributed by atoms with Crippen molar-refractivity contribution < 1.29 is 5.11 Å². The van der Waals surface area contributed by atoms with Gasteiger partial charge in [-0.3, -0.25) is 4.90 Å². The smallest absolute Gasteiger partial charge is 0.159 e. The minimum absolute atomic E-state index is 0.250. The van der Waals surface area contributed by atoms with Gasteiger partial charge < -0.3 is 10.0 Å². The van der Waals surface area contributed by atoms with Gasteiger partial charge >= 0.3 is 0 Å². The van der Waals surface area contributed by atoms with E-state index >= 15 is 0 Å². The third-order valence-electron chi connectivity index (χ3n) is 5.06. The molecular weight excluding hydrogens is 336 g/mol. The molecule has 0 saturated carbocycles. The summed E-state index contributed by atoms with van der Waals surface area (Å²) >= 11 is 0. The molecule has 0 atom stereocenters. The fourth-order valence-electron chi connectivity index (χ4n) is 3.41. The van der Waals surface area contributed by atoms with Crippen molar-refractivity contribution in [1.29, 1.82) is 0 Å². The van der Waals surface area contributed by atoms with Crippen LogP contribution in [0.15, 0.2) is 67.0 Å². The van der Waals surface area contributed by atoms with Crippen LogP contribution in [-0.4, -0.2) is 52.7 Å². The van der Waals surface area contributed by atoms with E-state index in [1.54, 1.807) is 12.1 Å². The van der Waals surface area contributed by atoms with Crippen molar-refractivity contribution in [1.82, 2.24) is 14.9 Å². The Morgan fingerprint density at radius 3 is 2.15 bits per heavy atom. The van der Waals surface area contributed by atoms with E-state index in [4.69, 9.17) is 0 Å². The van der Waals surface area contributed by atoms with Crippen LogP contribution < -0.4 is 4.90 Å². The number of rotatable bonds is 5. The first-order chi connectivity index (χ1) is 13.3. The molecule has 5 nitrogen and oxygen atoms in total. The molecule has 0 bridgehead atoms. The fourth-order valence-corrected chi connectivity index (χ4v) is 3.41. The number of benzene rings is 2. The Labute approximate surface area is 159 Å². The predicted octanol–water partition coefficient (Wildman–Crippen LogP) is 3.21. The minimum Gasteiger partial charge on any atom is -0.508 e. The van der Waals surface area contributed by atoms with E-state index in [1.165, 1.54) is 5.56 Å². The molecule has 1 fully saturated rings. The summed E-state index contributed by atoms with van der Waals surface area (Å²) in [6.07, 6.45) is 4.90. The van der Waals surface area contributed by atoms with Gasteiger partial charge in [-0.15, -0.1) is 0 Å². The summed E-state index contributed by atoms with van der Waals surface area (Å²) < 4.78 is 0. The minimum atomic E-state index is 0.250. The number of anilines is 1. The number of aromatic hydroxyl groups is 1. The number of piperazine rings is 1.